The maximum Gasteiger partial charge on any atom is 0.145 e. The molecule has 0 bridgehead atoms. The Hall–Kier alpha value is -1.91. The van der Waals surface area contributed by atoms with E-state index < -0.39 is 0 Å². The highest BCUT2D eigenvalue weighted by molar-refractivity contribution is 5.22. The summed E-state index contributed by atoms with van der Waals surface area (Å²) in [6.07, 6.45) is 6.55. The highest BCUT2D eigenvalue weighted by atomic mass is 15.1. The van der Waals surface area contributed by atoms with Gasteiger partial charge in [-0.05, 0) is 12.1 Å². The van der Waals surface area contributed by atoms with E-state index in [4.69, 9.17) is 5.73 Å². The Morgan fingerprint density at radius 2 is 2.00 bits per heavy atom. The molecule has 0 saturated heterocycles. The number of nitrogens with two attached hydrogens (primary N) is 1. The van der Waals surface area contributed by atoms with Crippen LogP contribution in [0.2, 0.25) is 0 Å². The van der Waals surface area contributed by atoms with Crippen LogP contribution in [-0.4, -0.2) is 20.2 Å². The average molecular weight is 163 g/mol. The lowest BCUT2D eigenvalue weighted by molar-refractivity contribution is 1.10. The van der Waals surface area contributed by atoms with Gasteiger partial charge in [0, 0.05) is 18.6 Å². The first-order valence-corrected chi connectivity index (χ1v) is 3.35. The molecule has 0 saturated carbocycles. The quantitative estimate of drug-likeness (QED) is 0.591. The van der Waals surface area contributed by atoms with Crippen LogP contribution in [0.25, 0.3) is 0 Å². The lowest BCUT2D eigenvalue weighted by Gasteiger charge is -1.70. The molecule has 0 amide bonds. The molecule has 0 aliphatic carbocycles. The highest BCUT2D eigenvalue weighted by Crippen LogP contribution is 1.86. The van der Waals surface area contributed by atoms with Crippen LogP contribution in [0, 0.1) is 0 Å². The first-order valence-electron chi connectivity index (χ1n) is 3.35. The summed E-state index contributed by atoms with van der Waals surface area (Å²) in [5.74, 6) is 0.537. The van der Waals surface area contributed by atoms with E-state index in [9.17, 15) is 0 Å². The number of anilines is 1. The van der Waals surface area contributed by atoms with E-state index in [1.54, 1.807) is 30.7 Å². The Labute approximate surface area is 69.7 Å². The van der Waals surface area contributed by atoms with Crippen LogP contribution in [0.4, 0.5) is 5.82 Å². The predicted octanol–water partition coefficient (Wildman–Crippen LogP) is 0.469. The average Bonchev–Trinajstić information content (AvgIpc) is 2.60. The molecule has 5 heteroatoms. The van der Waals surface area contributed by atoms with E-state index in [0.29, 0.717) is 5.82 Å². The van der Waals surface area contributed by atoms with Crippen molar-refractivity contribution in [1.82, 2.24) is 20.2 Å². The van der Waals surface area contributed by atoms with Gasteiger partial charge in [0.05, 0.1) is 0 Å². The molecule has 0 unspecified atom stereocenters. The Morgan fingerprint density at radius 3 is 2.17 bits per heavy atom. The van der Waals surface area contributed by atoms with Crippen LogP contribution in [0.3, 0.4) is 0 Å². The summed E-state index contributed by atoms with van der Waals surface area (Å²) in [6.45, 7) is 0. The highest BCUT2D eigenvalue weighted by Gasteiger charge is 1.75. The lowest BCUT2D eigenvalue weighted by Crippen LogP contribution is -1.81. The third-order valence-corrected chi connectivity index (χ3v) is 1.000. The van der Waals surface area contributed by atoms with E-state index in [-0.39, 0.29) is 0 Å². The van der Waals surface area contributed by atoms with Crippen molar-refractivity contribution in [2.45, 2.75) is 0 Å². The number of hydrogen-bond acceptors (Lipinski definition) is 4. The lowest BCUT2D eigenvalue weighted by atomic mass is 10.7. The minimum atomic E-state index is 0.537. The van der Waals surface area contributed by atoms with Gasteiger partial charge in [0.1, 0.15) is 12.1 Å². The van der Waals surface area contributed by atoms with Crippen molar-refractivity contribution in [2.24, 2.45) is 0 Å². The molecule has 0 aromatic carbocycles. The normalized spacial score (nSPS) is 8.33. The molecule has 0 radical (unpaired) electrons. The van der Waals surface area contributed by atoms with Gasteiger partial charge in [0.25, 0.3) is 0 Å². The van der Waals surface area contributed by atoms with Gasteiger partial charge in [-0.2, -0.15) is 5.10 Å². The second-order valence-corrected chi connectivity index (χ2v) is 1.90. The molecule has 2 aromatic rings. The number of rotatable bonds is 0. The molecule has 0 aliphatic heterocycles. The molecule has 0 atom stereocenters. The third kappa shape index (κ3) is 3.31. The first kappa shape index (κ1) is 8.19. The maximum absolute atomic E-state index is 5.14. The molecule has 3 N–H and O–H groups in total. The van der Waals surface area contributed by atoms with Crippen LogP contribution in [0.15, 0.2) is 37.1 Å². The molecule has 2 rings (SSSR count). The van der Waals surface area contributed by atoms with Gasteiger partial charge in [-0.3, -0.25) is 5.10 Å². The summed E-state index contributed by atoms with van der Waals surface area (Å²) in [5, 5.41) is 6.12. The minimum absolute atomic E-state index is 0.537. The molecule has 0 fully saturated rings. The second-order valence-electron chi connectivity index (χ2n) is 1.90. The number of aromatic amines is 1. The molecule has 2 aromatic heterocycles. The second kappa shape index (κ2) is 4.84. The van der Waals surface area contributed by atoms with E-state index in [1.807, 2.05) is 0 Å². The zero-order valence-corrected chi connectivity index (χ0v) is 6.38. The molecule has 62 valence electrons. The van der Waals surface area contributed by atoms with Crippen LogP contribution in [0.5, 0.6) is 0 Å². The van der Waals surface area contributed by atoms with E-state index in [1.165, 1.54) is 6.33 Å². The van der Waals surface area contributed by atoms with Crippen LogP contribution >= 0.6 is 0 Å². The molecular formula is C7H9N5. The number of hydrogen-bond donors (Lipinski definition) is 2. The van der Waals surface area contributed by atoms with Gasteiger partial charge in [0.15, 0.2) is 0 Å². The smallest absolute Gasteiger partial charge is 0.145 e. The fourth-order valence-corrected chi connectivity index (χ4v) is 0.525. The van der Waals surface area contributed by atoms with Gasteiger partial charge >= 0.3 is 0 Å². The standard InChI is InChI=1S/C4H4N2.C3H5N3/c1-2-5-4-6-3-1;4-3-1-2-5-6-3/h1-4H;1-2H,(H3,4,5,6). The Morgan fingerprint density at radius 1 is 1.25 bits per heavy atom. The SMILES string of the molecule is Nc1cc[nH]n1.c1cncnc1. The van der Waals surface area contributed by atoms with Crippen molar-refractivity contribution >= 4 is 5.82 Å². The third-order valence-electron chi connectivity index (χ3n) is 1.000. The zero-order valence-electron chi connectivity index (χ0n) is 6.38. The van der Waals surface area contributed by atoms with Gasteiger partial charge < -0.3 is 5.73 Å². The van der Waals surface area contributed by atoms with Gasteiger partial charge in [-0.25, -0.2) is 9.97 Å². The Bertz CT molecular complexity index is 251. The summed E-state index contributed by atoms with van der Waals surface area (Å²) >= 11 is 0. The van der Waals surface area contributed by atoms with Crippen molar-refractivity contribution in [3.63, 3.8) is 0 Å². The monoisotopic (exact) mass is 163 g/mol. The molecule has 0 aliphatic rings. The van der Waals surface area contributed by atoms with Gasteiger partial charge in [-0.1, -0.05) is 0 Å². The molecule has 5 nitrogen and oxygen atoms in total. The summed E-state index contributed by atoms with van der Waals surface area (Å²) in [4.78, 5) is 7.35. The van der Waals surface area contributed by atoms with Gasteiger partial charge in [-0.15, -0.1) is 0 Å². The number of nitrogens with one attached hydrogen (secondary N) is 1. The summed E-state index contributed by atoms with van der Waals surface area (Å²) < 4.78 is 0. The fraction of sp³-hybridized carbons (Fsp3) is 0. The largest absolute Gasteiger partial charge is 0.382 e. The molecular weight excluding hydrogens is 154 g/mol. The van der Waals surface area contributed by atoms with Crippen LogP contribution < -0.4 is 5.73 Å². The molecule has 2 heterocycles. The maximum atomic E-state index is 5.14. The topological polar surface area (TPSA) is 80.5 Å². The fourth-order valence-electron chi connectivity index (χ4n) is 0.525. The van der Waals surface area contributed by atoms with Crippen molar-refractivity contribution in [3.05, 3.63) is 37.1 Å². The van der Waals surface area contributed by atoms with Crippen molar-refractivity contribution in [1.29, 1.82) is 0 Å². The summed E-state index contributed by atoms with van der Waals surface area (Å²) in [5.41, 5.74) is 5.14. The Kier molecular flexibility index (Phi) is 3.30. The minimum Gasteiger partial charge on any atom is -0.382 e. The number of H-pyrrole nitrogens is 1. The molecule has 0 spiro atoms. The Balaban J connectivity index is 0.000000120. The summed E-state index contributed by atoms with van der Waals surface area (Å²) in [6, 6.07) is 3.47. The number of nitrogen functional groups attached to an aromatic ring is 1. The number of aromatic nitrogens is 4. The molecule has 12 heavy (non-hydrogen) atoms. The van der Waals surface area contributed by atoms with E-state index in [2.05, 4.69) is 20.2 Å². The van der Waals surface area contributed by atoms with Crippen LogP contribution in [0.1, 0.15) is 0 Å². The predicted molar refractivity (Wildman–Crippen MR) is 45.0 cm³/mol. The van der Waals surface area contributed by atoms with E-state index in [0.717, 1.165) is 0 Å². The van der Waals surface area contributed by atoms with Gasteiger partial charge in [0.2, 0.25) is 0 Å². The first-order chi connectivity index (χ1) is 5.89. The number of nitrogens with zero attached hydrogens (tertiary/aromatic N) is 3. The van der Waals surface area contributed by atoms with Crippen LogP contribution in [-0.2, 0) is 0 Å². The van der Waals surface area contributed by atoms with Crippen molar-refractivity contribution < 1.29 is 0 Å². The van der Waals surface area contributed by atoms with Crippen molar-refractivity contribution in [3.8, 4) is 0 Å². The van der Waals surface area contributed by atoms with Crippen molar-refractivity contribution in [2.75, 3.05) is 5.73 Å². The summed E-state index contributed by atoms with van der Waals surface area (Å²) in [7, 11) is 0. The zero-order chi connectivity index (χ0) is 8.65. The van der Waals surface area contributed by atoms with E-state index >= 15 is 0 Å².